The number of aliphatic hydroxyl groups is 1. The summed E-state index contributed by atoms with van der Waals surface area (Å²) >= 11 is 0. The quantitative estimate of drug-likeness (QED) is 0.146. The molecule has 1 N–H and O–H groups in total. The molecule has 0 atom stereocenters. The van der Waals surface area contributed by atoms with Crippen LogP contribution in [-0.2, 0) is 15.1 Å². The fraction of sp³-hybridized carbons (Fsp3) is 1.00. The molecule has 0 aliphatic rings. The Morgan fingerprint density at radius 3 is 1.40 bits per heavy atom. The molecular formula is C9H13F7Na2O6S. The Morgan fingerprint density at radius 1 is 0.800 bits per heavy atom. The van der Waals surface area contributed by atoms with Crippen LogP contribution >= 0.6 is 0 Å². The van der Waals surface area contributed by atoms with E-state index < -0.39 is 35.2 Å². The zero-order chi connectivity index (χ0) is 18.9. The third-order valence-electron chi connectivity index (χ3n) is 2.08. The van der Waals surface area contributed by atoms with Gasteiger partial charge in [-0.15, -0.1) is 0 Å². The molecule has 0 fully saturated rings. The van der Waals surface area contributed by atoms with E-state index in [4.69, 9.17) is 22.6 Å². The molecule has 142 valence electrons. The second-order valence-electron chi connectivity index (χ2n) is 3.99. The Bertz CT molecular complexity index is 407. The van der Waals surface area contributed by atoms with Crippen LogP contribution in [0, 0.1) is 0 Å². The van der Waals surface area contributed by atoms with Crippen LogP contribution in [0.5, 0.6) is 0 Å². The molecule has 25 heavy (non-hydrogen) atoms. The second kappa shape index (κ2) is 14.3. The van der Waals surface area contributed by atoms with Crippen LogP contribution in [0.2, 0.25) is 0 Å². The smallest absolute Gasteiger partial charge is 0.759 e. The molecule has 0 unspecified atom stereocenters. The van der Waals surface area contributed by atoms with Gasteiger partial charge in [-0.05, 0) is 12.8 Å². The van der Waals surface area contributed by atoms with Crippen LogP contribution in [-0.4, -0.2) is 54.1 Å². The Balaban J connectivity index is -0.000000276. The van der Waals surface area contributed by atoms with E-state index in [0.29, 0.717) is 12.8 Å². The summed E-state index contributed by atoms with van der Waals surface area (Å²) in [5.74, 6) is -5.63. The minimum absolute atomic E-state index is 0. The Labute approximate surface area is 183 Å². The first kappa shape index (κ1) is 33.9. The van der Waals surface area contributed by atoms with Gasteiger partial charge in [-0.25, -0.2) is 0 Å². The number of unbranched alkanes of at least 4 members (excludes halogenated alkanes) is 3. The van der Waals surface area contributed by atoms with E-state index in [1.165, 1.54) is 0 Å². The largest absolute Gasteiger partial charge is 1.00 e. The summed E-state index contributed by atoms with van der Waals surface area (Å²) in [6, 6.07) is 0. The molecule has 0 heterocycles. The van der Waals surface area contributed by atoms with Crippen LogP contribution in [0.1, 0.15) is 25.7 Å². The van der Waals surface area contributed by atoms with Gasteiger partial charge in [0.05, 0.1) is 6.61 Å². The summed E-state index contributed by atoms with van der Waals surface area (Å²) in [4.78, 5) is 0. The van der Waals surface area contributed by atoms with Crippen LogP contribution in [0.4, 0.5) is 30.7 Å². The SMILES string of the molecule is O=S(=O)([O-])[O-].OCCCCCCOC(F)(C(F)(F)F)C(F)(F)F.[Na+].[Na+]. The molecule has 0 aromatic heterocycles. The number of hydrogen-bond acceptors (Lipinski definition) is 6. The van der Waals surface area contributed by atoms with Crippen LogP contribution in [0.25, 0.3) is 0 Å². The third kappa shape index (κ3) is 17.1. The number of alkyl halides is 7. The molecule has 0 aliphatic carbocycles. The number of hydrogen-bond donors (Lipinski definition) is 1. The third-order valence-corrected chi connectivity index (χ3v) is 2.08. The predicted octanol–water partition coefficient (Wildman–Crippen LogP) is -3.98. The van der Waals surface area contributed by atoms with Crippen molar-refractivity contribution in [2.45, 2.75) is 43.9 Å². The van der Waals surface area contributed by atoms with Crippen molar-refractivity contribution in [3.8, 4) is 0 Å². The van der Waals surface area contributed by atoms with Gasteiger partial charge in [-0.2, -0.15) is 30.7 Å². The molecule has 0 aliphatic heterocycles. The normalized spacial score (nSPS) is 12.4. The Morgan fingerprint density at radius 2 is 1.12 bits per heavy atom. The molecule has 0 rings (SSSR count). The molecular weight excluding hydrogens is 415 g/mol. The van der Waals surface area contributed by atoms with Crippen molar-refractivity contribution in [2.75, 3.05) is 13.2 Å². The predicted molar refractivity (Wildman–Crippen MR) is 57.9 cm³/mol. The van der Waals surface area contributed by atoms with Crippen molar-refractivity contribution in [1.29, 1.82) is 0 Å². The summed E-state index contributed by atoms with van der Waals surface area (Å²) in [6.07, 6.45) is -11.5. The van der Waals surface area contributed by atoms with E-state index >= 15 is 0 Å². The number of halogens is 7. The maximum absolute atomic E-state index is 12.9. The number of rotatable bonds is 7. The van der Waals surface area contributed by atoms with Crippen LogP contribution < -0.4 is 59.1 Å². The molecule has 0 bridgehead atoms. The van der Waals surface area contributed by atoms with E-state index in [1.807, 2.05) is 0 Å². The molecule has 6 nitrogen and oxygen atoms in total. The van der Waals surface area contributed by atoms with Gasteiger partial charge in [0.2, 0.25) is 0 Å². The van der Waals surface area contributed by atoms with E-state index in [9.17, 15) is 30.7 Å². The first-order valence-corrected chi connectivity index (χ1v) is 7.13. The average molecular weight is 428 g/mol. The van der Waals surface area contributed by atoms with Gasteiger partial charge in [0.1, 0.15) is 0 Å². The van der Waals surface area contributed by atoms with Crippen molar-refractivity contribution < 1.29 is 117 Å². The zero-order valence-electron chi connectivity index (χ0n) is 13.3. The topological polar surface area (TPSA) is 110 Å². The maximum atomic E-state index is 12.9. The maximum Gasteiger partial charge on any atom is 1.00 e. The molecule has 0 saturated heterocycles. The van der Waals surface area contributed by atoms with Gasteiger partial charge in [-0.3, -0.25) is 8.42 Å². The molecule has 0 radical (unpaired) electrons. The average Bonchev–Trinajstić information content (AvgIpc) is 2.28. The van der Waals surface area contributed by atoms with E-state index in [-0.39, 0.29) is 78.6 Å². The van der Waals surface area contributed by atoms with Gasteiger partial charge in [0, 0.05) is 17.0 Å². The summed E-state index contributed by atoms with van der Waals surface area (Å²) in [5, 5.41) is 8.38. The van der Waals surface area contributed by atoms with Gasteiger partial charge in [0.15, 0.2) is 0 Å². The van der Waals surface area contributed by atoms with Crippen LogP contribution in [0.3, 0.4) is 0 Å². The summed E-state index contributed by atoms with van der Waals surface area (Å²) in [5.41, 5.74) is 0. The van der Waals surface area contributed by atoms with Gasteiger partial charge in [-0.1, -0.05) is 12.8 Å². The van der Waals surface area contributed by atoms with Crippen molar-refractivity contribution in [2.24, 2.45) is 0 Å². The first-order valence-electron chi connectivity index (χ1n) is 5.80. The van der Waals surface area contributed by atoms with Crippen LogP contribution in [0.15, 0.2) is 0 Å². The van der Waals surface area contributed by atoms with E-state index in [2.05, 4.69) is 4.74 Å². The second-order valence-corrected chi connectivity index (χ2v) is 4.80. The van der Waals surface area contributed by atoms with Crippen molar-refractivity contribution in [1.82, 2.24) is 0 Å². The standard InChI is InChI=1S/C9H13F7O2.2Na.H2O4S/c10-7(8(11,12)13,9(14,15)16)18-6-4-2-1-3-5-17;;;1-5(2,3)4/h17H,1-6H2;;;(H2,1,2,3,4)/q;2*+1;/p-2. The van der Waals surface area contributed by atoms with E-state index in [1.54, 1.807) is 0 Å². The van der Waals surface area contributed by atoms with Crippen molar-refractivity contribution in [3.05, 3.63) is 0 Å². The van der Waals surface area contributed by atoms with Crippen molar-refractivity contribution in [3.63, 3.8) is 0 Å². The number of ether oxygens (including phenoxy) is 1. The Hall–Kier alpha value is 1.30. The molecule has 0 spiro atoms. The number of aliphatic hydroxyl groups excluding tert-OH is 1. The van der Waals surface area contributed by atoms with E-state index in [0.717, 1.165) is 0 Å². The van der Waals surface area contributed by atoms with Crippen molar-refractivity contribution >= 4 is 10.4 Å². The summed E-state index contributed by atoms with van der Waals surface area (Å²) in [6.45, 7) is -1.13. The zero-order valence-corrected chi connectivity index (χ0v) is 18.1. The monoisotopic (exact) mass is 428 g/mol. The fourth-order valence-corrected chi connectivity index (χ4v) is 1.10. The van der Waals surface area contributed by atoms with Gasteiger partial charge >= 0.3 is 77.3 Å². The summed E-state index contributed by atoms with van der Waals surface area (Å²) < 4.78 is 122. The molecule has 0 aromatic carbocycles. The molecule has 0 amide bonds. The molecule has 16 heteroatoms. The minimum Gasteiger partial charge on any atom is -0.759 e. The molecule has 0 saturated carbocycles. The fourth-order valence-electron chi connectivity index (χ4n) is 1.10. The molecule has 0 aromatic rings. The minimum atomic E-state index is -6.17. The van der Waals surface area contributed by atoms with Gasteiger partial charge < -0.3 is 18.9 Å². The first-order chi connectivity index (χ1) is 10.1. The van der Waals surface area contributed by atoms with Gasteiger partial charge in [0.25, 0.3) is 0 Å². The Kier molecular flexibility index (Phi) is 19.4. The summed E-state index contributed by atoms with van der Waals surface area (Å²) in [7, 11) is -5.17.